The lowest BCUT2D eigenvalue weighted by molar-refractivity contribution is -0.00521. The molecule has 0 spiro atoms. The van der Waals surface area contributed by atoms with Crippen LogP contribution in [-0.4, -0.2) is 48.0 Å². The summed E-state index contributed by atoms with van der Waals surface area (Å²) in [6.45, 7) is 5.97. The molecule has 0 amide bonds. The number of rotatable bonds is 6. The summed E-state index contributed by atoms with van der Waals surface area (Å²) in [7, 11) is 0. The highest BCUT2D eigenvalue weighted by molar-refractivity contribution is 5.59. The van der Waals surface area contributed by atoms with Crippen LogP contribution in [0.3, 0.4) is 0 Å². The van der Waals surface area contributed by atoms with Crippen molar-refractivity contribution >= 4 is 17.3 Å². The van der Waals surface area contributed by atoms with Crippen molar-refractivity contribution in [1.29, 1.82) is 0 Å². The molecule has 1 saturated carbocycles. The Morgan fingerprint density at radius 2 is 1.84 bits per heavy atom. The van der Waals surface area contributed by atoms with Gasteiger partial charge in [-0.15, -0.1) is 0 Å². The molecule has 1 aliphatic carbocycles. The zero-order valence-corrected chi connectivity index (χ0v) is 18.1. The maximum absolute atomic E-state index is 14.1. The first-order valence-corrected chi connectivity index (χ1v) is 11.0. The Balaban J connectivity index is 1.38. The lowest BCUT2D eigenvalue weighted by Gasteiger charge is -2.36. The molecule has 1 aromatic carbocycles. The number of benzene rings is 1. The minimum Gasteiger partial charge on any atom is -0.475 e. The fourth-order valence-electron chi connectivity index (χ4n) is 4.32. The van der Waals surface area contributed by atoms with E-state index < -0.39 is 12.0 Å². The summed E-state index contributed by atoms with van der Waals surface area (Å²) in [6.07, 6.45) is 3.73. The molecule has 1 aliphatic heterocycles. The van der Waals surface area contributed by atoms with Crippen molar-refractivity contribution < 1.29 is 18.3 Å². The van der Waals surface area contributed by atoms with Crippen LogP contribution in [0.4, 0.5) is 26.1 Å². The van der Waals surface area contributed by atoms with E-state index in [1.807, 2.05) is 24.3 Å². The standard InChI is InChI=1S/C23H30F2N4O2/c1-15-12-29(13-16(2)31-15)19-9-7-18(8-10-19)27-23-26-11-21(25)22(28-23)30-14-17-5-3-4-6-20(17)24/h7-11,15-17,20H,3-6,12-14H2,1-2H3,(H,26,27,28)/t15-,16+,17?,20?. The number of morpholine rings is 1. The van der Waals surface area contributed by atoms with Crippen LogP contribution in [0.2, 0.25) is 0 Å². The first-order chi connectivity index (χ1) is 15.0. The molecule has 6 nitrogen and oxygen atoms in total. The quantitative estimate of drug-likeness (QED) is 0.702. The minimum atomic E-state index is -0.896. The van der Waals surface area contributed by atoms with Crippen LogP contribution in [0.25, 0.3) is 0 Å². The van der Waals surface area contributed by atoms with Crippen LogP contribution in [0.1, 0.15) is 39.5 Å². The maximum atomic E-state index is 14.1. The number of halogens is 2. The maximum Gasteiger partial charge on any atom is 0.255 e. The lowest BCUT2D eigenvalue weighted by atomic mass is 9.88. The number of hydrogen-bond donors (Lipinski definition) is 1. The van der Waals surface area contributed by atoms with Crippen molar-refractivity contribution in [1.82, 2.24) is 9.97 Å². The van der Waals surface area contributed by atoms with E-state index in [-0.39, 0.29) is 36.6 Å². The Morgan fingerprint density at radius 1 is 1.13 bits per heavy atom. The Morgan fingerprint density at radius 3 is 2.55 bits per heavy atom. The highest BCUT2D eigenvalue weighted by Crippen LogP contribution is 2.28. The van der Waals surface area contributed by atoms with Crippen LogP contribution in [0.15, 0.2) is 30.5 Å². The normalized spacial score (nSPS) is 26.5. The fourth-order valence-corrected chi connectivity index (χ4v) is 4.32. The number of alkyl halides is 1. The fraction of sp³-hybridized carbons (Fsp3) is 0.565. The van der Waals surface area contributed by atoms with Gasteiger partial charge in [0.15, 0.2) is 0 Å². The van der Waals surface area contributed by atoms with Gasteiger partial charge in [-0.2, -0.15) is 9.37 Å². The second-order valence-electron chi connectivity index (χ2n) is 8.55. The third-order valence-corrected chi connectivity index (χ3v) is 5.87. The molecule has 8 heteroatoms. The Hall–Kier alpha value is -2.48. The number of nitrogens with zero attached hydrogens (tertiary/aromatic N) is 3. The summed E-state index contributed by atoms with van der Waals surface area (Å²) in [5.74, 6) is -0.776. The van der Waals surface area contributed by atoms with Crippen LogP contribution in [0, 0.1) is 11.7 Å². The number of nitrogens with one attached hydrogen (secondary N) is 1. The molecule has 4 atom stereocenters. The molecule has 168 valence electrons. The number of anilines is 3. The summed E-state index contributed by atoms with van der Waals surface area (Å²) >= 11 is 0. The molecule has 4 rings (SSSR count). The van der Waals surface area contributed by atoms with Gasteiger partial charge in [-0.05, 0) is 51.0 Å². The molecule has 1 N–H and O–H groups in total. The van der Waals surface area contributed by atoms with Gasteiger partial charge in [0, 0.05) is 30.4 Å². The zero-order valence-electron chi connectivity index (χ0n) is 18.1. The second-order valence-corrected chi connectivity index (χ2v) is 8.55. The summed E-state index contributed by atoms with van der Waals surface area (Å²) < 4.78 is 39.4. The molecule has 2 fully saturated rings. The van der Waals surface area contributed by atoms with Gasteiger partial charge in [0.25, 0.3) is 5.88 Å². The largest absolute Gasteiger partial charge is 0.475 e. The van der Waals surface area contributed by atoms with Crippen LogP contribution in [0.5, 0.6) is 5.88 Å². The summed E-state index contributed by atoms with van der Waals surface area (Å²) in [5.41, 5.74) is 1.90. The molecule has 0 bridgehead atoms. The number of hydrogen-bond acceptors (Lipinski definition) is 6. The van der Waals surface area contributed by atoms with Gasteiger partial charge in [-0.25, -0.2) is 9.37 Å². The van der Waals surface area contributed by atoms with Crippen LogP contribution >= 0.6 is 0 Å². The monoisotopic (exact) mass is 432 g/mol. The van der Waals surface area contributed by atoms with E-state index >= 15 is 0 Å². The third-order valence-electron chi connectivity index (χ3n) is 5.87. The van der Waals surface area contributed by atoms with Gasteiger partial charge in [-0.1, -0.05) is 12.8 Å². The molecule has 2 aromatic rings. The SMILES string of the molecule is C[C@@H]1CN(c2ccc(Nc3ncc(F)c(OCC4CCCCC4F)n3)cc2)C[C@H](C)O1. The van der Waals surface area contributed by atoms with Crippen LogP contribution < -0.4 is 15.0 Å². The molecule has 2 heterocycles. The van der Waals surface area contributed by atoms with Crippen molar-refractivity contribution in [2.45, 2.75) is 57.9 Å². The molecular weight excluding hydrogens is 402 g/mol. The predicted molar refractivity (Wildman–Crippen MR) is 116 cm³/mol. The molecule has 31 heavy (non-hydrogen) atoms. The Kier molecular flexibility index (Phi) is 6.85. The highest BCUT2D eigenvalue weighted by atomic mass is 19.1. The van der Waals surface area contributed by atoms with Crippen molar-refractivity contribution in [3.8, 4) is 5.88 Å². The molecule has 2 aliphatic rings. The van der Waals surface area contributed by atoms with Gasteiger partial charge in [0.2, 0.25) is 11.8 Å². The number of ether oxygens (including phenoxy) is 2. The van der Waals surface area contributed by atoms with Gasteiger partial charge >= 0.3 is 0 Å². The van der Waals surface area contributed by atoms with E-state index in [9.17, 15) is 8.78 Å². The first kappa shape index (κ1) is 21.7. The average molecular weight is 433 g/mol. The molecule has 1 aromatic heterocycles. The summed E-state index contributed by atoms with van der Waals surface area (Å²) in [6, 6.07) is 7.92. The van der Waals surface area contributed by atoms with E-state index in [0.717, 1.165) is 49.9 Å². The van der Waals surface area contributed by atoms with Gasteiger partial charge in [0.05, 0.1) is 25.0 Å². The van der Waals surface area contributed by atoms with Gasteiger partial charge in [0.1, 0.15) is 6.17 Å². The van der Waals surface area contributed by atoms with E-state index in [4.69, 9.17) is 9.47 Å². The van der Waals surface area contributed by atoms with E-state index in [2.05, 4.69) is 34.0 Å². The average Bonchev–Trinajstić information content (AvgIpc) is 2.75. The van der Waals surface area contributed by atoms with Gasteiger partial charge in [-0.3, -0.25) is 0 Å². The van der Waals surface area contributed by atoms with E-state index in [1.54, 1.807) is 0 Å². The lowest BCUT2D eigenvalue weighted by Crippen LogP contribution is -2.45. The molecular formula is C23H30F2N4O2. The van der Waals surface area contributed by atoms with E-state index in [1.165, 1.54) is 0 Å². The van der Waals surface area contributed by atoms with Crippen LogP contribution in [-0.2, 0) is 4.74 Å². The Bertz CT molecular complexity index is 857. The topological polar surface area (TPSA) is 59.5 Å². The Labute approximate surface area is 182 Å². The smallest absolute Gasteiger partial charge is 0.255 e. The van der Waals surface area contributed by atoms with Crippen molar-refractivity contribution in [3.05, 3.63) is 36.3 Å². The van der Waals surface area contributed by atoms with E-state index in [0.29, 0.717) is 6.42 Å². The molecule has 1 saturated heterocycles. The molecule has 2 unspecified atom stereocenters. The molecule has 0 radical (unpaired) electrons. The minimum absolute atomic E-state index is 0.125. The zero-order chi connectivity index (χ0) is 21.8. The summed E-state index contributed by atoms with van der Waals surface area (Å²) in [4.78, 5) is 10.4. The predicted octanol–water partition coefficient (Wildman–Crippen LogP) is 4.88. The third kappa shape index (κ3) is 5.61. The van der Waals surface area contributed by atoms with Crippen molar-refractivity contribution in [2.24, 2.45) is 5.92 Å². The second kappa shape index (κ2) is 9.77. The summed E-state index contributed by atoms with van der Waals surface area (Å²) in [5, 5.41) is 3.08. The van der Waals surface area contributed by atoms with Crippen molar-refractivity contribution in [3.63, 3.8) is 0 Å². The first-order valence-electron chi connectivity index (χ1n) is 11.0. The highest BCUT2D eigenvalue weighted by Gasteiger charge is 2.26. The number of aromatic nitrogens is 2. The van der Waals surface area contributed by atoms with Gasteiger partial charge < -0.3 is 19.7 Å². The van der Waals surface area contributed by atoms with Crippen molar-refractivity contribution in [2.75, 3.05) is 29.9 Å².